The summed E-state index contributed by atoms with van der Waals surface area (Å²) in [6.45, 7) is 2.17. The predicted molar refractivity (Wildman–Crippen MR) is 149 cm³/mol. The van der Waals surface area contributed by atoms with Crippen molar-refractivity contribution in [1.82, 2.24) is 5.32 Å². The summed E-state index contributed by atoms with van der Waals surface area (Å²) in [6.07, 6.45) is 23.8. The normalized spacial score (nSPS) is 27.0. The van der Waals surface area contributed by atoms with Crippen LogP contribution in [0, 0.1) is 17.8 Å². The van der Waals surface area contributed by atoms with Crippen LogP contribution >= 0.6 is 0 Å². The monoisotopic (exact) mass is 515 g/mol. The van der Waals surface area contributed by atoms with Gasteiger partial charge in [0.25, 0.3) is 0 Å². The number of unbranched alkanes of at least 4 members (excludes halogenated alkanes) is 5. The van der Waals surface area contributed by atoms with Crippen molar-refractivity contribution < 1.29 is 19.5 Å². The van der Waals surface area contributed by atoms with Gasteiger partial charge in [-0.05, 0) is 57.3 Å². The first kappa shape index (κ1) is 30.1. The highest BCUT2D eigenvalue weighted by molar-refractivity contribution is 5.85. The number of amides is 1. The molecule has 2 N–H and O–H groups in total. The molecule has 5 heteroatoms. The van der Waals surface area contributed by atoms with E-state index in [2.05, 4.69) is 18.3 Å². The fourth-order valence-corrected chi connectivity index (χ4v) is 7.16. The number of aliphatic hydroxyl groups excluding tert-OH is 1. The molecule has 37 heavy (non-hydrogen) atoms. The second-order valence-electron chi connectivity index (χ2n) is 12.2. The number of hydrogen-bond acceptors (Lipinski definition) is 4. The predicted octanol–water partition coefficient (Wildman–Crippen LogP) is 7.00. The molecule has 0 aromatic carbocycles. The Labute approximate surface area is 225 Å². The average molecular weight is 516 g/mol. The third kappa shape index (κ3) is 9.33. The lowest BCUT2D eigenvalue weighted by molar-refractivity contribution is -0.131. The summed E-state index contributed by atoms with van der Waals surface area (Å²) in [7, 11) is 0. The summed E-state index contributed by atoms with van der Waals surface area (Å²) in [5.74, 6) is 1.26. The van der Waals surface area contributed by atoms with Crippen molar-refractivity contribution in [2.24, 2.45) is 17.8 Å². The Morgan fingerprint density at radius 1 is 0.946 bits per heavy atom. The van der Waals surface area contributed by atoms with E-state index in [9.17, 15) is 19.5 Å². The number of allylic oxidation sites excluding steroid dienone is 1. The van der Waals surface area contributed by atoms with Gasteiger partial charge in [0.15, 0.2) is 0 Å². The number of carbonyl (C=O) groups is 3. The van der Waals surface area contributed by atoms with E-state index >= 15 is 0 Å². The third-order valence-corrected chi connectivity index (χ3v) is 9.36. The smallest absolute Gasteiger partial charge is 0.220 e. The molecule has 0 saturated heterocycles. The second kappa shape index (κ2) is 15.8. The van der Waals surface area contributed by atoms with Crippen LogP contribution in [0.5, 0.6) is 0 Å². The van der Waals surface area contributed by atoms with Gasteiger partial charge < -0.3 is 10.4 Å². The quantitative estimate of drug-likeness (QED) is 0.182. The van der Waals surface area contributed by atoms with E-state index in [-0.39, 0.29) is 29.2 Å². The number of carbonyl (C=O) groups excluding carboxylic acids is 3. The molecule has 0 heterocycles. The molecule has 0 aromatic rings. The molecular weight excluding hydrogens is 462 g/mol. The van der Waals surface area contributed by atoms with Gasteiger partial charge in [0.2, 0.25) is 5.91 Å². The van der Waals surface area contributed by atoms with Crippen LogP contribution in [0.15, 0.2) is 12.2 Å². The van der Waals surface area contributed by atoms with Crippen LogP contribution in [0.4, 0.5) is 0 Å². The number of rotatable bonds is 15. The number of aliphatic hydroxyl groups is 1. The molecule has 4 unspecified atom stereocenters. The molecule has 0 aromatic heterocycles. The van der Waals surface area contributed by atoms with Crippen LogP contribution in [0.2, 0.25) is 0 Å². The maximum atomic E-state index is 12.9. The summed E-state index contributed by atoms with van der Waals surface area (Å²) < 4.78 is 0. The van der Waals surface area contributed by atoms with Crippen molar-refractivity contribution in [3.63, 3.8) is 0 Å². The Hall–Kier alpha value is -1.49. The lowest BCUT2D eigenvalue weighted by Crippen LogP contribution is -2.57. The molecule has 210 valence electrons. The zero-order valence-electron chi connectivity index (χ0n) is 23.5. The van der Waals surface area contributed by atoms with Crippen molar-refractivity contribution in [3.05, 3.63) is 12.2 Å². The van der Waals surface area contributed by atoms with E-state index < -0.39 is 6.10 Å². The molecule has 5 nitrogen and oxygen atoms in total. The van der Waals surface area contributed by atoms with Gasteiger partial charge in [-0.3, -0.25) is 14.4 Å². The zero-order valence-corrected chi connectivity index (χ0v) is 23.5. The first-order valence-corrected chi connectivity index (χ1v) is 15.7. The summed E-state index contributed by atoms with van der Waals surface area (Å²) in [4.78, 5) is 38.1. The molecule has 3 saturated carbocycles. The fourth-order valence-electron chi connectivity index (χ4n) is 7.16. The Kier molecular flexibility index (Phi) is 12.8. The highest BCUT2D eigenvalue weighted by Crippen LogP contribution is 2.40. The van der Waals surface area contributed by atoms with Gasteiger partial charge in [0.05, 0.1) is 6.10 Å². The van der Waals surface area contributed by atoms with Crippen LogP contribution in [0.3, 0.4) is 0 Å². The Bertz CT molecular complexity index is 754. The van der Waals surface area contributed by atoms with E-state index in [1.54, 1.807) is 0 Å². The van der Waals surface area contributed by atoms with E-state index in [4.69, 9.17) is 0 Å². The van der Waals surface area contributed by atoms with Gasteiger partial charge in [-0.2, -0.15) is 0 Å². The standard InChI is InChI=1S/C32H53NO4/c1-2-3-7-14-26(34)21-19-25-20-22-29(35)27(25)15-8-4-5-9-18-31(37)33-32(23-12-6-13-24-32)28-16-10-11-17-30(28)36/h19,21,25-28,34H,2-18,20,22-24H2,1H3,(H,33,37). The molecule has 3 rings (SSSR count). The van der Waals surface area contributed by atoms with E-state index in [1.165, 1.54) is 6.42 Å². The highest BCUT2D eigenvalue weighted by Gasteiger charge is 2.44. The van der Waals surface area contributed by atoms with Crippen LogP contribution in [-0.2, 0) is 14.4 Å². The van der Waals surface area contributed by atoms with Crippen molar-refractivity contribution >= 4 is 17.5 Å². The number of Topliss-reactive ketones (excluding diaryl/α,β-unsaturated/α-hetero) is 2. The molecular formula is C32H53NO4. The summed E-state index contributed by atoms with van der Waals surface area (Å²) in [5, 5.41) is 13.6. The minimum absolute atomic E-state index is 0.0221. The van der Waals surface area contributed by atoms with Gasteiger partial charge in [0.1, 0.15) is 11.6 Å². The SMILES string of the molecule is CCCCCC(O)C=CC1CCC(=O)C1CCCCCCC(=O)NC1(C2CCCCC2=O)CCCCC1. The zero-order chi connectivity index (χ0) is 26.5. The van der Waals surface area contributed by atoms with Gasteiger partial charge in [-0.15, -0.1) is 0 Å². The van der Waals surface area contributed by atoms with Crippen molar-refractivity contribution in [1.29, 1.82) is 0 Å². The molecule has 0 bridgehead atoms. The topological polar surface area (TPSA) is 83.5 Å². The van der Waals surface area contributed by atoms with Crippen LogP contribution in [0.25, 0.3) is 0 Å². The number of hydrogen-bond donors (Lipinski definition) is 2. The minimum atomic E-state index is -0.391. The Morgan fingerprint density at radius 3 is 2.49 bits per heavy atom. The van der Waals surface area contributed by atoms with Gasteiger partial charge in [-0.25, -0.2) is 0 Å². The van der Waals surface area contributed by atoms with Crippen molar-refractivity contribution in [3.8, 4) is 0 Å². The summed E-state index contributed by atoms with van der Waals surface area (Å²) in [5.41, 5.74) is -0.290. The maximum Gasteiger partial charge on any atom is 0.220 e. The molecule has 0 aliphatic heterocycles. The lowest BCUT2D eigenvalue weighted by Gasteiger charge is -2.45. The molecule has 3 aliphatic carbocycles. The lowest BCUT2D eigenvalue weighted by atomic mass is 9.67. The number of nitrogens with one attached hydrogen (secondary N) is 1. The second-order valence-corrected chi connectivity index (χ2v) is 12.2. The largest absolute Gasteiger partial charge is 0.389 e. The molecule has 0 spiro atoms. The van der Waals surface area contributed by atoms with Crippen molar-refractivity contribution in [2.75, 3.05) is 0 Å². The van der Waals surface area contributed by atoms with Crippen molar-refractivity contribution in [2.45, 2.75) is 153 Å². The van der Waals surface area contributed by atoms with Crippen LogP contribution in [0.1, 0.15) is 142 Å². The minimum Gasteiger partial charge on any atom is -0.389 e. The fraction of sp³-hybridized carbons (Fsp3) is 0.844. The Balaban J connectivity index is 1.35. The highest BCUT2D eigenvalue weighted by atomic mass is 16.3. The van der Waals surface area contributed by atoms with E-state index in [1.807, 2.05) is 6.08 Å². The maximum absolute atomic E-state index is 12.9. The van der Waals surface area contributed by atoms with E-state index in [0.29, 0.717) is 30.8 Å². The number of ketones is 2. The molecule has 0 radical (unpaired) electrons. The van der Waals surface area contributed by atoms with Gasteiger partial charge >= 0.3 is 0 Å². The molecule has 3 aliphatic rings. The first-order chi connectivity index (χ1) is 17.9. The Morgan fingerprint density at radius 2 is 1.73 bits per heavy atom. The van der Waals surface area contributed by atoms with Crippen LogP contribution in [-0.4, -0.2) is 34.2 Å². The molecule has 3 fully saturated rings. The molecule has 4 atom stereocenters. The van der Waals surface area contributed by atoms with Crippen LogP contribution < -0.4 is 5.32 Å². The summed E-state index contributed by atoms with van der Waals surface area (Å²) >= 11 is 0. The molecule has 1 amide bonds. The van der Waals surface area contributed by atoms with Gasteiger partial charge in [0, 0.05) is 36.6 Å². The third-order valence-electron chi connectivity index (χ3n) is 9.36. The van der Waals surface area contributed by atoms with Gasteiger partial charge in [-0.1, -0.05) is 83.3 Å². The average Bonchev–Trinajstić information content (AvgIpc) is 3.24. The summed E-state index contributed by atoms with van der Waals surface area (Å²) in [6, 6.07) is 0. The first-order valence-electron chi connectivity index (χ1n) is 15.7. The van der Waals surface area contributed by atoms with E-state index in [0.717, 1.165) is 109 Å².